The van der Waals surface area contributed by atoms with Gasteiger partial charge in [0.05, 0.1) is 11.7 Å². The highest BCUT2D eigenvalue weighted by Gasteiger charge is 2.31. The maximum Gasteiger partial charge on any atom is 0.238 e. The van der Waals surface area contributed by atoms with E-state index < -0.39 is 0 Å². The van der Waals surface area contributed by atoms with Crippen LogP contribution in [0.4, 0.5) is 0 Å². The second kappa shape index (κ2) is 7.38. The fraction of sp³-hybridized carbons (Fsp3) is 0.300. The molecule has 1 aliphatic heterocycles. The molecular formula is C20H24N6O. The number of hydrogen-bond acceptors (Lipinski definition) is 4. The second-order valence-corrected chi connectivity index (χ2v) is 6.86. The summed E-state index contributed by atoms with van der Waals surface area (Å²) in [6.07, 6.45) is 6.44. The molecule has 1 fully saturated rings. The smallest absolute Gasteiger partial charge is 0.238 e. The van der Waals surface area contributed by atoms with Gasteiger partial charge in [-0.05, 0) is 37.1 Å². The Balaban J connectivity index is 1.41. The van der Waals surface area contributed by atoms with Gasteiger partial charge in [-0.1, -0.05) is 18.2 Å². The van der Waals surface area contributed by atoms with Crippen molar-refractivity contribution in [3.05, 3.63) is 72.1 Å². The van der Waals surface area contributed by atoms with Crippen LogP contribution < -0.4 is 16.2 Å². The molecule has 2 unspecified atom stereocenters. The molecule has 0 saturated carbocycles. The third kappa shape index (κ3) is 3.51. The van der Waals surface area contributed by atoms with Crippen molar-refractivity contribution in [2.24, 2.45) is 7.05 Å². The predicted octanol–water partition coefficient (Wildman–Crippen LogP) is 1.74. The van der Waals surface area contributed by atoms with Gasteiger partial charge in [0, 0.05) is 37.9 Å². The van der Waals surface area contributed by atoms with Crippen molar-refractivity contribution in [1.29, 1.82) is 0 Å². The molecule has 3 aromatic rings. The van der Waals surface area contributed by atoms with Gasteiger partial charge >= 0.3 is 0 Å². The van der Waals surface area contributed by atoms with Crippen molar-refractivity contribution in [3.8, 4) is 5.69 Å². The lowest BCUT2D eigenvalue weighted by molar-refractivity contribution is -0.123. The number of hydrazine groups is 1. The molecule has 1 amide bonds. The van der Waals surface area contributed by atoms with Gasteiger partial charge in [0.25, 0.3) is 0 Å². The molecule has 2 aromatic heterocycles. The lowest BCUT2D eigenvalue weighted by Gasteiger charge is -2.14. The molecule has 0 radical (unpaired) electrons. The second-order valence-electron chi connectivity index (χ2n) is 6.86. The van der Waals surface area contributed by atoms with Gasteiger partial charge in [0.1, 0.15) is 11.9 Å². The molecular weight excluding hydrogens is 340 g/mol. The zero-order valence-electron chi connectivity index (χ0n) is 15.5. The summed E-state index contributed by atoms with van der Waals surface area (Å²) in [5.74, 6) is 0.914. The number of nitrogens with zero attached hydrogens (tertiary/aromatic N) is 3. The Morgan fingerprint density at radius 2 is 2.07 bits per heavy atom. The zero-order chi connectivity index (χ0) is 18.8. The maximum absolute atomic E-state index is 12.6. The first kappa shape index (κ1) is 17.5. The Morgan fingerprint density at radius 1 is 1.22 bits per heavy atom. The summed E-state index contributed by atoms with van der Waals surface area (Å²) in [4.78, 5) is 16.9. The third-order valence-corrected chi connectivity index (χ3v) is 5.09. The van der Waals surface area contributed by atoms with E-state index in [0.717, 1.165) is 17.1 Å². The van der Waals surface area contributed by atoms with E-state index in [2.05, 4.69) is 31.8 Å². The average Bonchev–Trinajstić information content (AvgIpc) is 3.40. The van der Waals surface area contributed by atoms with Crippen LogP contribution in [-0.4, -0.2) is 26.1 Å². The minimum Gasteiger partial charge on any atom is -0.353 e. The molecule has 0 aliphatic carbocycles. The number of imidazole rings is 1. The van der Waals surface area contributed by atoms with E-state index in [1.807, 2.05) is 61.3 Å². The highest BCUT2D eigenvalue weighted by Crippen LogP contribution is 2.22. The van der Waals surface area contributed by atoms with Gasteiger partial charge in [0.2, 0.25) is 5.91 Å². The quantitative estimate of drug-likeness (QED) is 0.645. The fourth-order valence-electron chi connectivity index (χ4n) is 3.59. The minimum atomic E-state index is -0.257. The first-order valence-corrected chi connectivity index (χ1v) is 9.11. The van der Waals surface area contributed by atoms with Crippen molar-refractivity contribution < 1.29 is 4.79 Å². The van der Waals surface area contributed by atoms with E-state index in [0.29, 0.717) is 13.0 Å². The number of aromatic nitrogens is 3. The summed E-state index contributed by atoms with van der Waals surface area (Å²) in [6, 6.07) is 12.0. The summed E-state index contributed by atoms with van der Waals surface area (Å²) in [5, 5.41) is 3.06. The monoisotopic (exact) mass is 364 g/mol. The van der Waals surface area contributed by atoms with Crippen molar-refractivity contribution in [1.82, 2.24) is 30.3 Å². The predicted molar refractivity (Wildman–Crippen MR) is 103 cm³/mol. The van der Waals surface area contributed by atoms with E-state index >= 15 is 0 Å². The third-order valence-electron chi connectivity index (χ3n) is 5.09. The molecule has 3 heterocycles. The van der Waals surface area contributed by atoms with Crippen LogP contribution in [0, 0.1) is 6.92 Å². The number of nitrogens with one attached hydrogen (secondary N) is 3. The van der Waals surface area contributed by atoms with E-state index in [4.69, 9.17) is 0 Å². The average molecular weight is 364 g/mol. The Bertz CT molecular complexity index is 943. The van der Waals surface area contributed by atoms with E-state index in [1.54, 1.807) is 6.20 Å². The highest BCUT2D eigenvalue weighted by atomic mass is 16.2. The van der Waals surface area contributed by atoms with Gasteiger partial charge in [-0.15, -0.1) is 0 Å². The summed E-state index contributed by atoms with van der Waals surface area (Å²) in [6.45, 7) is 2.44. The van der Waals surface area contributed by atoms with Crippen LogP contribution >= 0.6 is 0 Å². The SMILES string of the molecule is Cc1nccn1-c1ccccc1CNC(=O)C1CC(c2cccn2C)NN1. The molecule has 1 aromatic carbocycles. The van der Waals surface area contributed by atoms with Gasteiger partial charge in [-0.3, -0.25) is 4.79 Å². The molecule has 7 heteroatoms. The van der Waals surface area contributed by atoms with Crippen LogP contribution in [0.5, 0.6) is 0 Å². The van der Waals surface area contributed by atoms with Gasteiger partial charge in [-0.25, -0.2) is 15.8 Å². The molecule has 3 N–H and O–H groups in total. The Kier molecular flexibility index (Phi) is 4.79. The summed E-state index contributed by atoms with van der Waals surface area (Å²) < 4.78 is 4.10. The molecule has 27 heavy (non-hydrogen) atoms. The number of rotatable bonds is 5. The van der Waals surface area contributed by atoms with Crippen molar-refractivity contribution in [2.75, 3.05) is 0 Å². The largest absolute Gasteiger partial charge is 0.353 e. The van der Waals surface area contributed by atoms with Gasteiger partial charge in [-0.2, -0.15) is 0 Å². The van der Waals surface area contributed by atoms with E-state index in [-0.39, 0.29) is 18.0 Å². The Hall–Kier alpha value is -2.90. The number of carbonyl (C=O) groups is 1. The molecule has 0 bridgehead atoms. The molecule has 4 rings (SSSR count). The standard InChI is InChI=1S/C20H24N6O/c1-14-21-9-11-26(14)18-7-4-3-6-15(18)13-22-20(27)17-12-16(23-24-17)19-8-5-10-25(19)2/h3-11,16-17,23-24H,12-13H2,1-2H3,(H,22,27). The van der Waals surface area contributed by atoms with Gasteiger partial charge in [0.15, 0.2) is 0 Å². The number of para-hydroxylation sites is 1. The van der Waals surface area contributed by atoms with Crippen LogP contribution in [0.2, 0.25) is 0 Å². The first-order chi connectivity index (χ1) is 13.1. The Morgan fingerprint density at radius 3 is 2.81 bits per heavy atom. The lowest BCUT2D eigenvalue weighted by Crippen LogP contribution is -2.43. The molecule has 0 spiro atoms. The number of carbonyl (C=O) groups excluding carboxylic acids is 1. The summed E-state index contributed by atoms with van der Waals surface area (Å²) in [5.41, 5.74) is 9.60. The zero-order valence-corrected chi connectivity index (χ0v) is 15.5. The molecule has 7 nitrogen and oxygen atoms in total. The molecule has 2 atom stereocenters. The van der Waals surface area contributed by atoms with Crippen LogP contribution in [0.15, 0.2) is 55.0 Å². The van der Waals surface area contributed by atoms with Crippen LogP contribution in [-0.2, 0) is 18.4 Å². The molecule has 1 saturated heterocycles. The number of amides is 1. The summed E-state index contributed by atoms with van der Waals surface area (Å²) >= 11 is 0. The van der Waals surface area contributed by atoms with E-state index in [9.17, 15) is 4.79 Å². The molecule has 1 aliphatic rings. The number of hydrogen-bond donors (Lipinski definition) is 3. The minimum absolute atomic E-state index is 0.00337. The fourth-order valence-corrected chi connectivity index (χ4v) is 3.59. The van der Waals surface area contributed by atoms with Crippen molar-refractivity contribution in [3.63, 3.8) is 0 Å². The topological polar surface area (TPSA) is 75.9 Å². The van der Waals surface area contributed by atoms with Crippen molar-refractivity contribution in [2.45, 2.75) is 32.0 Å². The summed E-state index contributed by atoms with van der Waals surface area (Å²) in [7, 11) is 2.01. The number of aryl methyl sites for hydroxylation is 2. The first-order valence-electron chi connectivity index (χ1n) is 9.11. The van der Waals surface area contributed by atoms with E-state index in [1.165, 1.54) is 5.69 Å². The van der Waals surface area contributed by atoms with Gasteiger partial charge < -0.3 is 14.5 Å². The maximum atomic E-state index is 12.6. The van der Waals surface area contributed by atoms with Crippen LogP contribution in [0.3, 0.4) is 0 Å². The van der Waals surface area contributed by atoms with Crippen LogP contribution in [0.25, 0.3) is 5.69 Å². The van der Waals surface area contributed by atoms with Crippen molar-refractivity contribution >= 4 is 5.91 Å². The normalized spacial score (nSPS) is 19.3. The highest BCUT2D eigenvalue weighted by molar-refractivity contribution is 5.82. The lowest BCUT2D eigenvalue weighted by atomic mass is 10.1. The molecule has 140 valence electrons. The number of benzene rings is 1. The van der Waals surface area contributed by atoms with Crippen LogP contribution in [0.1, 0.15) is 29.5 Å². The Labute approximate surface area is 158 Å².